The maximum atomic E-state index is 11.1. The van der Waals surface area contributed by atoms with E-state index < -0.39 is 12.0 Å². The first-order valence-electron chi connectivity index (χ1n) is 6.19. The lowest BCUT2D eigenvalue weighted by Crippen LogP contribution is -2.55. The van der Waals surface area contributed by atoms with Crippen molar-refractivity contribution in [2.75, 3.05) is 21.3 Å². The van der Waals surface area contributed by atoms with Gasteiger partial charge in [0.1, 0.15) is 12.1 Å². The Morgan fingerprint density at radius 3 is 2.28 bits per heavy atom. The first kappa shape index (κ1) is 13.7. The van der Waals surface area contributed by atoms with Crippen molar-refractivity contribution >= 4 is 5.97 Å². The molecule has 6 heteroatoms. The molecule has 0 aromatic heterocycles. The fourth-order valence-corrected chi connectivity index (χ4v) is 3.33. The van der Waals surface area contributed by atoms with Crippen molar-refractivity contribution in [3.8, 4) is 0 Å². The quantitative estimate of drug-likeness (QED) is 0.732. The molecule has 6 unspecified atom stereocenters. The SMILES string of the molecule is COC1CC2NC(C(=O)O)CC2C(OC)C1OC. The van der Waals surface area contributed by atoms with Gasteiger partial charge in [0.05, 0.1) is 12.2 Å². The molecule has 2 N–H and O–H groups in total. The molecular weight excluding hydrogens is 238 g/mol. The Hall–Kier alpha value is -0.690. The van der Waals surface area contributed by atoms with E-state index in [0.29, 0.717) is 6.42 Å². The minimum Gasteiger partial charge on any atom is -0.480 e. The molecule has 1 saturated heterocycles. The topological polar surface area (TPSA) is 77.0 Å². The van der Waals surface area contributed by atoms with Crippen LogP contribution in [-0.2, 0) is 19.0 Å². The third-order valence-electron chi connectivity index (χ3n) is 4.18. The Bertz CT molecular complexity index is 311. The molecule has 6 atom stereocenters. The molecule has 0 aromatic carbocycles. The predicted octanol–water partition coefficient (Wildman–Crippen LogP) is -0.134. The van der Waals surface area contributed by atoms with Crippen molar-refractivity contribution in [1.29, 1.82) is 0 Å². The number of aliphatic carboxylic acids is 1. The highest BCUT2D eigenvalue weighted by Crippen LogP contribution is 2.37. The number of rotatable bonds is 4. The Kier molecular flexibility index (Phi) is 4.21. The number of carbonyl (C=O) groups is 1. The zero-order chi connectivity index (χ0) is 13.3. The Balaban J connectivity index is 2.16. The number of carboxylic acids is 1. The second kappa shape index (κ2) is 5.52. The van der Waals surface area contributed by atoms with Crippen LogP contribution in [0.3, 0.4) is 0 Å². The van der Waals surface area contributed by atoms with Crippen molar-refractivity contribution in [1.82, 2.24) is 5.32 Å². The number of nitrogens with one attached hydrogen (secondary N) is 1. The summed E-state index contributed by atoms with van der Waals surface area (Å²) in [6.07, 6.45) is 0.991. The first-order valence-corrected chi connectivity index (χ1v) is 6.19. The fourth-order valence-electron chi connectivity index (χ4n) is 3.33. The van der Waals surface area contributed by atoms with E-state index in [2.05, 4.69) is 5.32 Å². The zero-order valence-corrected chi connectivity index (χ0v) is 11.0. The van der Waals surface area contributed by atoms with Crippen LogP contribution in [0.4, 0.5) is 0 Å². The molecule has 1 aliphatic carbocycles. The normalized spacial score (nSPS) is 43.7. The van der Waals surface area contributed by atoms with E-state index in [9.17, 15) is 4.79 Å². The molecule has 0 amide bonds. The molecule has 2 rings (SSSR count). The van der Waals surface area contributed by atoms with Crippen molar-refractivity contribution in [2.24, 2.45) is 5.92 Å². The number of fused-ring (bicyclic) bond motifs is 1. The summed E-state index contributed by atoms with van der Waals surface area (Å²) in [6, 6.07) is -0.377. The minimum absolute atomic E-state index is 0.0683. The molecule has 18 heavy (non-hydrogen) atoms. The van der Waals surface area contributed by atoms with E-state index in [0.717, 1.165) is 6.42 Å². The summed E-state index contributed by atoms with van der Waals surface area (Å²) in [5.41, 5.74) is 0. The lowest BCUT2D eigenvalue weighted by molar-refractivity contribution is -0.151. The number of carboxylic acid groups (broad SMARTS) is 1. The van der Waals surface area contributed by atoms with Gasteiger partial charge in [-0.25, -0.2) is 0 Å². The van der Waals surface area contributed by atoms with Crippen molar-refractivity contribution in [2.45, 2.75) is 43.2 Å². The fraction of sp³-hybridized carbons (Fsp3) is 0.917. The molecule has 0 aromatic rings. The van der Waals surface area contributed by atoms with Gasteiger partial charge in [0.2, 0.25) is 0 Å². The smallest absolute Gasteiger partial charge is 0.320 e. The Morgan fingerprint density at radius 1 is 1.11 bits per heavy atom. The molecule has 1 saturated carbocycles. The van der Waals surface area contributed by atoms with E-state index in [1.165, 1.54) is 0 Å². The standard InChI is InChI=1S/C12H21NO5/c1-16-9-5-7-6(4-8(13-7)12(14)15)10(17-2)11(9)18-3/h6-11,13H,4-5H2,1-3H3,(H,14,15). The second-order valence-corrected chi connectivity index (χ2v) is 4.97. The average molecular weight is 259 g/mol. The van der Waals surface area contributed by atoms with Crippen LogP contribution in [0.15, 0.2) is 0 Å². The van der Waals surface area contributed by atoms with E-state index in [1.807, 2.05) is 0 Å². The van der Waals surface area contributed by atoms with Gasteiger partial charge in [-0.3, -0.25) is 4.79 Å². The summed E-state index contributed by atoms with van der Waals surface area (Å²) in [5.74, 6) is -0.644. The van der Waals surface area contributed by atoms with Gasteiger partial charge in [0.25, 0.3) is 0 Å². The van der Waals surface area contributed by atoms with E-state index >= 15 is 0 Å². The van der Waals surface area contributed by atoms with Crippen LogP contribution in [0, 0.1) is 5.92 Å². The summed E-state index contributed by atoms with van der Waals surface area (Å²) in [5, 5.41) is 12.3. The minimum atomic E-state index is -0.804. The third kappa shape index (κ3) is 2.25. The summed E-state index contributed by atoms with van der Waals surface area (Å²) >= 11 is 0. The predicted molar refractivity (Wildman–Crippen MR) is 63.5 cm³/mol. The molecule has 0 spiro atoms. The van der Waals surface area contributed by atoms with Crippen LogP contribution in [0.25, 0.3) is 0 Å². The van der Waals surface area contributed by atoms with Crippen molar-refractivity contribution in [3.63, 3.8) is 0 Å². The van der Waals surface area contributed by atoms with Gasteiger partial charge in [-0.05, 0) is 12.8 Å². The molecule has 6 nitrogen and oxygen atoms in total. The summed E-state index contributed by atoms with van der Waals surface area (Å²) in [4.78, 5) is 11.1. The number of hydrogen-bond donors (Lipinski definition) is 2. The largest absolute Gasteiger partial charge is 0.480 e. The summed E-state index contributed by atoms with van der Waals surface area (Å²) in [6.45, 7) is 0. The van der Waals surface area contributed by atoms with Gasteiger partial charge in [0, 0.05) is 33.3 Å². The van der Waals surface area contributed by atoms with Gasteiger partial charge in [-0.2, -0.15) is 0 Å². The highest BCUT2D eigenvalue weighted by atomic mass is 16.6. The maximum absolute atomic E-state index is 11.1. The van der Waals surface area contributed by atoms with Crippen LogP contribution < -0.4 is 5.32 Å². The lowest BCUT2D eigenvalue weighted by Gasteiger charge is -2.42. The van der Waals surface area contributed by atoms with E-state index in [4.69, 9.17) is 19.3 Å². The molecule has 2 aliphatic rings. The maximum Gasteiger partial charge on any atom is 0.320 e. The zero-order valence-electron chi connectivity index (χ0n) is 11.0. The van der Waals surface area contributed by atoms with Crippen LogP contribution in [0.1, 0.15) is 12.8 Å². The highest BCUT2D eigenvalue weighted by Gasteiger charge is 2.51. The lowest BCUT2D eigenvalue weighted by atomic mass is 9.78. The van der Waals surface area contributed by atoms with E-state index in [1.54, 1.807) is 21.3 Å². The molecule has 1 aliphatic heterocycles. The van der Waals surface area contributed by atoms with Gasteiger partial charge in [-0.1, -0.05) is 0 Å². The highest BCUT2D eigenvalue weighted by molar-refractivity contribution is 5.74. The molecule has 0 bridgehead atoms. The van der Waals surface area contributed by atoms with Crippen LogP contribution in [0.5, 0.6) is 0 Å². The molecule has 0 radical (unpaired) electrons. The number of ether oxygens (including phenoxy) is 3. The second-order valence-electron chi connectivity index (χ2n) is 4.97. The molecule has 104 valence electrons. The summed E-state index contributed by atoms with van der Waals surface area (Å²) < 4.78 is 16.4. The Morgan fingerprint density at radius 2 is 1.78 bits per heavy atom. The van der Waals surface area contributed by atoms with Gasteiger partial charge in [0.15, 0.2) is 0 Å². The first-order chi connectivity index (χ1) is 8.62. The van der Waals surface area contributed by atoms with Crippen molar-refractivity contribution in [3.05, 3.63) is 0 Å². The molecule has 2 fully saturated rings. The number of methoxy groups -OCH3 is 3. The number of hydrogen-bond acceptors (Lipinski definition) is 5. The van der Waals surface area contributed by atoms with Gasteiger partial charge in [-0.15, -0.1) is 0 Å². The van der Waals surface area contributed by atoms with E-state index in [-0.39, 0.29) is 30.3 Å². The van der Waals surface area contributed by atoms with Gasteiger partial charge >= 0.3 is 5.97 Å². The Labute approximate surface area is 107 Å². The van der Waals surface area contributed by atoms with Crippen LogP contribution >= 0.6 is 0 Å². The van der Waals surface area contributed by atoms with Crippen molar-refractivity contribution < 1.29 is 24.1 Å². The summed E-state index contributed by atoms with van der Waals surface area (Å²) in [7, 11) is 4.92. The van der Waals surface area contributed by atoms with Crippen LogP contribution in [0.2, 0.25) is 0 Å². The molecular formula is C12H21NO5. The third-order valence-corrected chi connectivity index (χ3v) is 4.18. The van der Waals surface area contributed by atoms with Gasteiger partial charge < -0.3 is 24.6 Å². The molecule has 1 heterocycles. The average Bonchev–Trinajstić information content (AvgIpc) is 2.79. The van der Waals surface area contributed by atoms with Crippen LogP contribution in [-0.4, -0.2) is 62.8 Å². The monoisotopic (exact) mass is 259 g/mol.